The van der Waals surface area contributed by atoms with Gasteiger partial charge in [0.05, 0.1) is 24.0 Å². The summed E-state index contributed by atoms with van der Waals surface area (Å²) in [5, 5.41) is 5.67. The molecular formula is C18H15BrN2O5S. The molecule has 3 aromatic rings. The molecule has 0 saturated heterocycles. The number of carbonyl (C=O) groups is 2. The van der Waals surface area contributed by atoms with E-state index in [-0.39, 0.29) is 31.1 Å². The van der Waals surface area contributed by atoms with Crippen LogP contribution in [0.1, 0.15) is 29.0 Å². The van der Waals surface area contributed by atoms with Crippen LogP contribution in [-0.4, -0.2) is 29.0 Å². The van der Waals surface area contributed by atoms with Crippen LogP contribution in [0.15, 0.2) is 44.7 Å². The summed E-state index contributed by atoms with van der Waals surface area (Å²) < 4.78 is 16.2. The monoisotopic (exact) mass is 450 g/mol. The number of rotatable bonds is 8. The standard InChI is InChI=1S/C18H15BrN2O5S/c1-24-14-6-4-11(19)9-12(14)13(22)5-7-17(23)25-10-16-20-18(26-21-16)15-3-2-8-27-15/h2-4,6,8-9H,5,7,10H2,1H3. The van der Waals surface area contributed by atoms with Gasteiger partial charge in [-0.1, -0.05) is 27.2 Å². The molecule has 2 aromatic heterocycles. The van der Waals surface area contributed by atoms with Gasteiger partial charge in [0.25, 0.3) is 5.89 Å². The molecular weight excluding hydrogens is 436 g/mol. The van der Waals surface area contributed by atoms with Crippen LogP contribution in [0.4, 0.5) is 0 Å². The second kappa shape index (κ2) is 8.92. The lowest BCUT2D eigenvalue weighted by Crippen LogP contribution is -2.09. The van der Waals surface area contributed by atoms with E-state index in [1.54, 1.807) is 18.2 Å². The number of ketones is 1. The molecule has 0 aliphatic carbocycles. The van der Waals surface area contributed by atoms with E-state index in [0.29, 0.717) is 17.2 Å². The van der Waals surface area contributed by atoms with Crippen LogP contribution in [0.2, 0.25) is 0 Å². The van der Waals surface area contributed by atoms with Gasteiger partial charge in [0.2, 0.25) is 5.82 Å². The lowest BCUT2D eigenvalue weighted by molar-refractivity contribution is -0.145. The number of benzene rings is 1. The Kier molecular flexibility index (Phi) is 6.36. The molecule has 0 atom stereocenters. The van der Waals surface area contributed by atoms with Crippen LogP contribution in [0.25, 0.3) is 10.8 Å². The molecule has 0 amide bonds. The Morgan fingerprint density at radius 1 is 1.26 bits per heavy atom. The number of esters is 1. The zero-order chi connectivity index (χ0) is 19.2. The van der Waals surface area contributed by atoms with Crippen molar-refractivity contribution in [1.29, 1.82) is 0 Å². The number of Topliss-reactive ketones (excluding diaryl/α,β-unsaturated/α-hetero) is 1. The fourth-order valence-electron chi connectivity index (χ4n) is 2.28. The molecule has 0 radical (unpaired) electrons. The van der Waals surface area contributed by atoms with Gasteiger partial charge >= 0.3 is 5.97 Å². The van der Waals surface area contributed by atoms with Crippen LogP contribution in [-0.2, 0) is 16.1 Å². The summed E-state index contributed by atoms with van der Waals surface area (Å²) in [7, 11) is 1.49. The van der Waals surface area contributed by atoms with E-state index < -0.39 is 5.97 Å². The summed E-state index contributed by atoms with van der Waals surface area (Å²) in [5.41, 5.74) is 0.415. The summed E-state index contributed by atoms with van der Waals surface area (Å²) in [6.07, 6.45) is -0.0392. The van der Waals surface area contributed by atoms with Crippen molar-refractivity contribution in [3.63, 3.8) is 0 Å². The van der Waals surface area contributed by atoms with Crippen LogP contribution in [0.3, 0.4) is 0 Å². The largest absolute Gasteiger partial charge is 0.496 e. The Hall–Kier alpha value is -2.52. The molecule has 1 aromatic carbocycles. The molecule has 7 nitrogen and oxygen atoms in total. The molecule has 0 fully saturated rings. The summed E-state index contributed by atoms with van der Waals surface area (Å²) in [6.45, 7) is -0.109. The van der Waals surface area contributed by atoms with Crippen molar-refractivity contribution < 1.29 is 23.6 Å². The molecule has 2 heterocycles. The van der Waals surface area contributed by atoms with Gasteiger partial charge in [-0.25, -0.2) is 0 Å². The third-order valence-corrected chi connectivity index (χ3v) is 4.93. The van der Waals surface area contributed by atoms with E-state index in [1.165, 1.54) is 18.4 Å². The van der Waals surface area contributed by atoms with Crippen molar-refractivity contribution in [2.45, 2.75) is 19.4 Å². The highest BCUT2D eigenvalue weighted by Gasteiger charge is 2.16. The van der Waals surface area contributed by atoms with Gasteiger partial charge in [0, 0.05) is 10.9 Å². The van der Waals surface area contributed by atoms with Crippen molar-refractivity contribution >= 4 is 39.0 Å². The minimum absolute atomic E-state index is 0.0122. The van der Waals surface area contributed by atoms with Crippen molar-refractivity contribution in [3.05, 3.63) is 51.6 Å². The summed E-state index contributed by atoms with van der Waals surface area (Å²) in [4.78, 5) is 29.3. The van der Waals surface area contributed by atoms with Gasteiger partial charge in [-0.05, 0) is 29.6 Å². The minimum atomic E-state index is -0.514. The number of aromatic nitrogens is 2. The molecule has 9 heteroatoms. The van der Waals surface area contributed by atoms with Crippen molar-refractivity contribution in [2.24, 2.45) is 0 Å². The first-order valence-electron chi connectivity index (χ1n) is 7.95. The number of carbonyl (C=O) groups excluding carboxylic acids is 2. The van der Waals surface area contributed by atoms with Gasteiger partial charge < -0.3 is 14.0 Å². The highest BCUT2D eigenvalue weighted by molar-refractivity contribution is 9.10. The van der Waals surface area contributed by atoms with Gasteiger partial charge in [-0.2, -0.15) is 4.98 Å². The summed E-state index contributed by atoms with van der Waals surface area (Å²) in [6, 6.07) is 8.87. The first kappa shape index (κ1) is 19.2. The topological polar surface area (TPSA) is 91.5 Å². The molecule has 0 N–H and O–H groups in total. The molecule has 0 bridgehead atoms. The van der Waals surface area contributed by atoms with E-state index in [2.05, 4.69) is 26.1 Å². The third kappa shape index (κ3) is 5.01. The second-order valence-electron chi connectivity index (χ2n) is 5.42. The van der Waals surface area contributed by atoms with Gasteiger partial charge in [-0.15, -0.1) is 11.3 Å². The summed E-state index contributed by atoms with van der Waals surface area (Å²) >= 11 is 4.79. The Bertz CT molecular complexity index is 939. The normalized spacial score (nSPS) is 10.6. The first-order valence-corrected chi connectivity index (χ1v) is 9.63. The van der Waals surface area contributed by atoms with Gasteiger partial charge in [0.15, 0.2) is 12.4 Å². The molecule has 0 aliphatic rings. The predicted octanol–water partition coefficient (Wildman–Crippen LogP) is 4.28. The van der Waals surface area contributed by atoms with E-state index in [1.807, 2.05) is 17.5 Å². The lowest BCUT2D eigenvalue weighted by atomic mass is 10.1. The number of nitrogens with zero attached hydrogens (tertiary/aromatic N) is 2. The maximum Gasteiger partial charge on any atom is 0.306 e. The molecule has 27 heavy (non-hydrogen) atoms. The van der Waals surface area contributed by atoms with Crippen molar-refractivity contribution in [1.82, 2.24) is 10.1 Å². The van der Waals surface area contributed by atoms with Crippen LogP contribution >= 0.6 is 27.3 Å². The maximum absolute atomic E-state index is 12.3. The molecule has 3 rings (SSSR count). The molecule has 0 spiro atoms. The Labute approximate surface area is 167 Å². The fraction of sp³-hybridized carbons (Fsp3) is 0.222. The second-order valence-corrected chi connectivity index (χ2v) is 7.28. The van der Waals surface area contributed by atoms with Gasteiger partial charge in [-0.3, -0.25) is 9.59 Å². The highest BCUT2D eigenvalue weighted by atomic mass is 79.9. The van der Waals surface area contributed by atoms with E-state index in [0.717, 1.165) is 9.35 Å². The van der Waals surface area contributed by atoms with E-state index >= 15 is 0 Å². The molecule has 0 saturated carbocycles. The smallest absolute Gasteiger partial charge is 0.306 e. The Morgan fingerprint density at radius 2 is 2.11 bits per heavy atom. The third-order valence-electron chi connectivity index (χ3n) is 3.58. The van der Waals surface area contributed by atoms with Gasteiger partial charge in [0.1, 0.15) is 5.75 Å². The zero-order valence-corrected chi connectivity index (χ0v) is 16.7. The molecule has 0 unspecified atom stereocenters. The lowest BCUT2D eigenvalue weighted by Gasteiger charge is -2.08. The SMILES string of the molecule is COc1ccc(Br)cc1C(=O)CCC(=O)OCc1noc(-c2cccs2)n1. The number of hydrogen-bond acceptors (Lipinski definition) is 8. The number of halogens is 1. The maximum atomic E-state index is 12.3. The minimum Gasteiger partial charge on any atom is -0.496 e. The first-order chi connectivity index (χ1) is 13.1. The van der Waals surface area contributed by atoms with Crippen LogP contribution in [0, 0.1) is 0 Å². The Balaban J connectivity index is 1.50. The summed E-state index contributed by atoms with van der Waals surface area (Å²) in [5.74, 6) is 0.397. The zero-order valence-electron chi connectivity index (χ0n) is 14.3. The van der Waals surface area contributed by atoms with E-state index in [4.69, 9.17) is 14.0 Å². The number of methoxy groups -OCH3 is 1. The number of thiophene rings is 1. The number of ether oxygens (including phenoxy) is 2. The predicted molar refractivity (Wildman–Crippen MR) is 102 cm³/mol. The fourth-order valence-corrected chi connectivity index (χ4v) is 3.28. The van der Waals surface area contributed by atoms with Crippen molar-refractivity contribution in [3.8, 4) is 16.5 Å². The number of hydrogen-bond donors (Lipinski definition) is 0. The average molecular weight is 451 g/mol. The molecule has 0 aliphatic heterocycles. The van der Waals surface area contributed by atoms with Crippen LogP contribution < -0.4 is 4.74 Å². The average Bonchev–Trinajstić information content (AvgIpc) is 3.35. The van der Waals surface area contributed by atoms with Crippen LogP contribution in [0.5, 0.6) is 5.75 Å². The van der Waals surface area contributed by atoms with E-state index in [9.17, 15) is 9.59 Å². The molecule has 140 valence electrons. The highest BCUT2D eigenvalue weighted by Crippen LogP contribution is 2.25. The quantitative estimate of drug-likeness (QED) is 0.373. The van der Waals surface area contributed by atoms with Crippen molar-refractivity contribution in [2.75, 3.05) is 7.11 Å². The Morgan fingerprint density at radius 3 is 2.85 bits per heavy atom.